The summed E-state index contributed by atoms with van der Waals surface area (Å²) in [5.74, 6) is 0. The van der Waals surface area contributed by atoms with Crippen LogP contribution in [0.1, 0.15) is 11.3 Å². The third kappa shape index (κ3) is 1.98. The second-order valence-electron chi connectivity index (χ2n) is 4.21. The third-order valence-electron chi connectivity index (χ3n) is 2.72. The Hall–Kier alpha value is -1.50. The van der Waals surface area contributed by atoms with Crippen LogP contribution in [0.5, 0.6) is 0 Å². The molecule has 2 aromatic rings. The molecular formula is C13H11Cl2N3. The Kier molecular flexibility index (Phi) is 3.34. The SMILES string of the molecule is Cc1nc2c(Cl)cc(Cl)cc2c(N(C)C)c1C#N. The fraction of sp³-hybridized carbons (Fsp3) is 0.231. The van der Waals surface area contributed by atoms with Gasteiger partial charge in [0.1, 0.15) is 6.07 Å². The van der Waals surface area contributed by atoms with Crippen molar-refractivity contribution in [2.24, 2.45) is 0 Å². The lowest BCUT2D eigenvalue weighted by Crippen LogP contribution is -2.12. The molecule has 18 heavy (non-hydrogen) atoms. The Morgan fingerprint density at radius 2 is 1.94 bits per heavy atom. The van der Waals surface area contributed by atoms with E-state index in [0.29, 0.717) is 26.8 Å². The lowest BCUT2D eigenvalue weighted by molar-refractivity contribution is 1.11. The lowest BCUT2D eigenvalue weighted by atomic mass is 10.1. The zero-order chi connectivity index (χ0) is 13.4. The van der Waals surface area contributed by atoms with Crippen LogP contribution in [0, 0.1) is 18.3 Å². The van der Waals surface area contributed by atoms with Crippen LogP contribution >= 0.6 is 23.2 Å². The molecule has 0 aliphatic heterocycles. The van der Waals surface area contributed by atoms with E-state index in [1.807, 2.05) is 19.0 Å². The molecule has 2 rings (SSSR count). The molecule has 92 valence electrons. The average Bonchev–Trinajstić information content (AvgIpc) is 2.28. The molecule has 1 aromatic carbocycles. The summed E-state index contributed by atoms with van der Waals surface area (Å²) < 4.78 is 0. The van der Waals surface area contributed by atoms with Crippen molar-refractivity contribution in [2.45, 2.75) is 6.92 Å². The van der Waals surface area contributed by atoms with E-state index < -0.39 is 0 Å². The van der Waals surface area contributed by atoms with Crippen molar-refractivity contribution in [3.05, 3.63) is 33.4 Å². The molecule has 0 N–H and O–H groups in total. The van der Waals surface area contributed by atoms with Crippen LogP contribution < -0.4 is 4.90 Å². The molecule has 0 unspecified atom stereocenters. The zero-order valence-electron chi connectivity index (χ0n) is 10.3. The number of aryl methyl sites for hydroxylation is 1. The van der Waals surface area contributed by atoms with Gasteiger partial charge in [0.2, 0.25) is 0 Å². The number of benzene rings is 1. The summed E-state index contributed by atoms with van der Waals surface area (Å²) in [4.78, 5) is 6.27. The summed E-state index contributed by atoms with van der Waals surface area (Å²) >= 11 is 12.2. The molecule has 0 radical (unpaired) electrons. The molecule has 1 heterocycles. The van der Waals surface area contributed by atoms with E-state index in [2.05, 4.69) is 11.1 Å². The first-order chi connectivity index (χ1) is 8.45. The van der Waals surface area contributed by atoms with Gasteiger partial charge in [-0.2, -0.15) is 5.26 Å². The first-order valence-corrected chi connectivity index (χ1v) is 6.08. The summed E-state index contributed by atoms with van der Waals surface area (Å²) in [5.41, 5.74) is 2.68. The van der Waals surface area contributed by atoms with Gasteiger partial charge in [0.25, 0.3) is 0 Å². The smallest absolute Gasteiger partial charge is 0.103 e. The molecular weight excluding hydrogens is 269 g/mol. The van der Waals surface area contributed by atoms with E-state index in [-0.39, 0.29) is 0 Å². The molecule has 0 bridgehead atoms. The number of aromatic nitrogens is 1. The molecule has 0 spiro atoms. The Bertz CT molecular complexity index is 672. The van der Waals surface area contributed by atoms with E-state index in [4.69, 9.17) is 23.2 Å². The van der Waals surface area contributed by atoms with Gasteiger partial charge in [0.05, 0.1) is 27.5 Å². The van der Waals surface area contributed by atoms with Gasteiger partial charge in [-0.3, -0.25) is 4.98 Å². The van der Waals surface area contributed by atoms with E-state index in [1.165, 1.54) is 0 Å². The van der Waals surface area contributed by atoms with Gasteiger partial charge in [-0.15, -0.1) is 0 Å². The number of rotatable bonds is 1. The molecule has 0 aliphatic carbocycles. The van der Waals surface area contributed by atoms with Gasteiger partial charge in [-0.1, -0.05) is 23.2 Å². The van der Waals surface area contributed by atoms with Crippen LogP contribution in [0.2, 0.25) is 10.0 Å². The summed E-state index contributed by atoms with van der Waals surface area (Å²) in [6.45, 7) is 1.80. The van der Waals surface area contributed by atoms with E-state index >= 15 is 0 Å². The number of halogens is 2. The summed E-state index contributed by atoms with van der Waals surface area (Å²) in [7, 11) is 3.76. The number of fused-ring (bicyclic) bond motifs is 1. The number of hydrogen-bond acceptors (Lipinski definition) is 3. The highest BCUT2D eigenvalue weighted by atomic mass is 35.5. The first kappa shape index (κ1) is 12.9. The average molecular weight is 280 g/mol. The van der Waals surface area contributed by atoms with Gasteiger partial charge in [-0.25, -0.2) is 0 Å². The van der Waals surface area contributed by atoms with Gasteiger partial charge in [0, 0.05) is 24.5 Å². The van der Waals surface area contributed by atoms with Crippen molar-refractivity contribution in [3.8, 4) is 6.07 Å². The van der Waals surface area contributed by atoms with Crippen LogP contribution in [0.4, 0.5) is 5.69 Å². The fourth-order valence-corrected chi connectivity index (χ4v) is 2.52. The predicted molar refractivity (Wildman–Crippen MR) is 75.5 cm³/mol. The quantitative estimate of drug-likeness (QED) is 0.797. The van der Waals surface area contributed by atoms with Crippen molar-refractivity contribution in [3.63, 3.8) is 0 Å². The van der Waals surface area contributed by atoms with Gasteiger partial charge in [-0.05, 0) is 19.1 Å². The minimum absolute atomic E-state index is 0.494. The summed E-state index contributed by atoms with van der Waals surface area (Å²) in [5, 5.41) is 11.1. The Morgan fingerprint density at radius 1 is 1.28 bits per heavy atom. The summed E-state index contributed by atoms with van der Waals surface area (Å²) in [6.07, 6.45) is 0. The van der Waals surface area contributed by atoms with Crippen LogP contribution in [0.15, 0.2) is 12.1 Å². The number of anilines is 1. The molecule has 0 amide bonds. The van der Waals surface area contributed by atoms with Crippen LogP contribution in [0.3, 0.4) is 0 Å². The van der Waals surface area contributed by atoms with Crippen molar-refractivity contribution in [2.75, 3.05) is 19.0 Å². The monoisotopic (exact) mass is 279 g/mol. The largest absolute Gasteiger partial charge is 0.376 e. The lowest BCUT2D eigenvalue weighted by Gasteiger charge is -2.18. The Labute approximate surface area is 116 Å². The fourth-order valence-electron chi connectivity index (χ4n) is 1.99. The van der Waals surface area contributed by atoms with Crippen LogP contribution in [0.25, 0.3) is 10.9 Å². The van der Waals surface area contributed by atoms with E-state index in [0.717, 1.165) is 11.1 Å². The first-order valence-electron chi connectivity index (χ1n) is 5.32. The number of hydrogen-bond donors (Lipinski definition) is 0. The minimum Gasteiger partial charge on any atom is -0.376 e. The van der Waals surface area contributed by atoms with Gasteiger partial charge in [0.15, 0.2) is 0 Å². The highest BCUT2D eigenvalue weighted by Crippen LogP contribution is 2.35. The second-order valence-corrected chi connectivity index (χ2v) is 5.05. The number of nitriles is 1. The second kappa shape index (κ2) is 4.64. The van der Waals surface area contributed by atoms with Crippen molar-refractivity contribution in [1.29, 1.82) is 5.26 Å². The zero-order valence-corrected chi connectivity index (χ0v) is 11.8. The molecule has 0 saturated carbocycles. The van der Waals surface area contributed by atoms with E-state index in [1.54, 1.807) is 19.1 Å². The Balaban J connectivity index is 3.03. The van der Waals surface area contributed by atoms with E-state index in [9.17, 15) is 5.26 Å². The molecule has 1 aromatic heterocycles. The van der Waals surface area contributed by atoms with Crippen LogP contribution in [-0.2, 0) is 0 Å². The molecule has 0 fully saturated rings. The maximum atomic E-state index is 9.26. The number of nitrogens with zero attached hydrogens (tertiary/aromatic N) is 3. The standard InChI is InChI=1S/C13H11Cl2N3/c1-7-10(6-16)13(18(2)3)9-4-8(14)5-11(15)12(9)17-7/h4-5H,1-3H3. The van der Waals surface area contributed by atoms with Gasteiger partial charge < -0.3 is 4.90 Å². The van der Waals surface area contributed by atoms with Crippen molar-refractivity contribution in [1.82, 2.24) is 4.98 Å². The number of pyridine rings is 1. The maximum absolute atomic E-state index is 9.26. The molecule has 0 saturated heterocycles. The van der Waals surface area contributed by atoms with Crippen LogP contribution in [-0.4, -0.2) is 19.1 Å². The van der Waals surface area contributed by atoms with Crippen molar-refractivity contribution < 1.29 is 0 Å². The van der Waals surface area contributed by atoms with Crippen molar-refractivity contribution >= 4 is 39.8 Å². The molecule has 0 aliphatic rings. The highest BCUT2D eigenvalue weighted by molar-refractivity contribution is 6.38. The highest BCUT2D eigenvalue weighted by Gasteiger charge is 2.16. The predicted octanol–water partition coefficient (Wildman–Crippen LogP) is 3.79. The normalized spacial score (nSPS) is 10.4. The molecule has 5 heteroatoms. The minimum atomic E-state index is 0.494. The molecule has 3 nitrogen and oxygen atoms in total. The maximum Gasteiger partial charge on any atom is 0.103 e. The summed E-state index contributed by atoms with van der Waals surface area (Å²) in [6, 6.07) is 5.63. The van der Waals surface area contributed by atoms with Gasteiger partial charge >= 0.3 is 0 Å². The third-order valence-corrected chi connectivity index (χ3v) is 3.23. The molecule has 0 atom stereocenters. The topological polar surface area (TPSA) is 39.9 Å². The Morgan fingerprint density at radius 3 is 2.50 bits per heavy atom.